The molecule has 1 aromatic carbocycles. The first-order valence-corrected chi connectivity index (χ1v) is 8.34. The molecule has 0 aromatic heterocycles. The van der Waals surface area contributed by atoms with Gasteiger partial charge in [-0.25, -0.2) is 0 Å². The van der Waals surface area contributed by atoms with Crippen LogP contribution in [0.1, 0.15) is 49.7 Å². The average molecular weight is 314 g/mol. The highest BCUT2D eigenvalue weighted by molar-refractivity contribution is 6.46. The van der Waals surface area contributed by atoms with Crippen LogP contribution in [0.25, 0.3) is 0 Å². The summed E-state index contributed by atoms with van der Waals surface area (Å²) in [6.07, 6.45) is 4.68. The van der Waals surface area contributed by atoms with E-state index in [-0.39, 0.29) is 5.41 Å². The Kier molecular flexibility index (Phi) is 3.15. The summed E-state index contributed by atoms with van der Waals surface area (Å²) in [5, 5.41) is 35.3. The van der Waals surface area contributed by atoms with Crippen LogP contribution in [0, 0.1) is 17.3 Å². The van der Waals surface area contributed by atoms with Gasteiger partial charge in [0.2, 0.25) is 0 Å². The Morgan fingerprint density at radius 3 is 2.74 bits per heavy atom. The van der Waals surface area contributed by atoms with Crippen molar-refractivity contribution in [1.29, 1.82) is 0 Å². The molecule has 4 unspecified atom stereocenters. The maximum absolute atomic E-state index is 9.72. The standard InChI is InChI=1S/C18H22N2O3/c1-18-7-6-13-12-5-3-11(21)8-10(12)2-4-14(13)15(18)9-16(19-22)17(18)20-23/h3,5,8,13-15,21-23H,2,4,6-7,9H2,1H3/b19-16+,20-17-. The lowest BCUT2D eigenvalue weighted by Gasteiger charge is -2.48. The van der Waals surface area contributed by atoms with Crippen LogP contribution >= 0.6 is 0 Å². The van der Waals surface area contributed by atoms with E-state index in [9.17, 15) is 15.5 Å². The lowest BCUT2D eigenvalue weighted by molar-refractivity contribution is 0.0963. The summed E-state index contributed by atoms with van der Waals surface area (Å²) >= 11 is 0. The summed E-state index contributed by atoms with van der Waals surface area (Å²) in [4.78, 5) is 0. The van der Waals surface area contributed by atoms with Crippen molar-refractivity contribution in [2.24, 2.45) is 27.6 Å². The molecular formula is C18H22N2O3. The van der Waals surface area contributed by atoms with Gasteiger partial charge in [0.05, 0.1) is 0 Å². The van der Waals surface area contributed by atoms with Crippen LogP contribution in [0.4, 0.5) is 0 Å². The highest BCUT2D eigenvalue weighted by Crippen LogP contribution is 2.59. The third-order valence-electron chi connectivity index (χ3n) is 6.55. The van der Waals surface area contributed by atoms with Crippen molar-refractivity contribution in [3.63, 3.8) is 0 Å². The Morgan fingerprint density at radius 2 is 2.00 bits per heavy atom. The number of aryl methyl sites for hydroxylation is 1. The zero-order valence-electron chi connectivity index (χ0n) is 13.2. The Hall–Kier alpha value is -2.04. The van der Waals surface area contributed by atoms with Crippen molar-refractivity contribution in [3.8, 4) is 5.75 Å². The Balaban J connectivity index is 1.74. The van der Waals surface area contributed by atoms with Gasteiger partial charge in [-0.1, -0.05) is 23.3 Å². The van der Waals surface area contributed by atoms with Gasteiger partial charge in [0, 0.05) is 5.41 Å². The van der Waals surface area contributed by atoms with Crippen molar-refractivity contribution in [2.45, 2.75) is 44.9 Å². The molecule has 0 spiro atoms. The van der Waals surface area contributed by atoms with E-state index >= 15 is 0 Å². The molecule has 3 aliphatic carbocycles. The first kappa shape index (κ1) is 14.5. The topological polar surface area (TPSA) is 85.4 Å². The summed E-state index contributed by atoms with van der Waals surface area (Å²) in [5.74, 6) is 1.67. The zero-order valence-corrected chi connectivity index (χ0v) is 13.2. The van der Waals surface area contributed by atoms with Crippen LogP contribution in [0.5, 0.6) is 5.75 Å². The molecule has 0 bridgehead atoms. The van der Waals surface area contributed by atoms with Gasteiger partial charge >= 0.3 is 0 Å². The summed E-state index contributed by atoms with van der Waals surface area (Å²) in [6.45, 7) is 2.15. The second kappa shape index (κ2) is 4.98. The molecule has 23 heavy (non-hydrogen) atoms. The van der Waals surface area contributed by atoms with E-state index in [4.69, 9.17) is 0 Å². The van der Waals surface area contributed by atoms with Crippen LogP contribution in [0.3, 0.4) is 0 Å². The van der Waals surface area contributed by atoms with Gasteiger partial charge in [-0.05, 0) is 73.1 Å². The quantitative estimate of drug-likeness (QED) is 0.506. The molecule has 4 rings (SSSR count). The number of nitrogens with zero attached hydrogens (tertiary/aromatic N) is 2. The monoisotopic (exact) mass is 314 g/mol. The number of phenols is 1. The van der Waals surface area contributed by atoms with Crippen LogP contribution in [0.15, 0.2) is 28.5 Å². The normalized spacial score (nSPS) is 39.1. The van der Waals surface area contributed by atoms with Gasteiger partial charge in [0.15, 0.2) is 0 Å². The molecule has 0 radical (unpaired) electrons. The number of aromatic hydroxyl groups is 1. The van der Waals surface area contributed by atoms with Crippen LogP contribution < -0.4 is 0 Å². The maximum atomic E-state index is 9.72. The van der Waals surface area contributed by atoms with Gasteiger partial charge < -0.3 is 15.5 Å². The van der Waals surface area contributed by atoms with E-state index in [1.807, 2.05) is 6.07 Å². The first-order valence-electron chi connectivity index (χ1n) is 8.34. The number of benzene rings is 1. The van der Waals surface area contributed by atoms with Crippen molar-refractivity contribution in [2.75, 3.05) is 0 Å². The molecule has 0 saturated heterocycles. The number of hydrogen-bond acceptors (Lipinski definition) is 5. The molecule has 1 aromatic rings. The minimum atomic E-state index is -0.202. The Labute approximate surface area is 135 Å². The minimum absolute atomic E-state index is 0.202. The lowest BCUT2D eigenvalue weighted by Crippen LogP contribution is -2.42. The number of oxime groups is 2. The van der Waals surface area contributed by atoms with E-state index in [2.05, 4.69) is 23.3 Å². The molecule has 3 N–H and O–H groups in total. The van der Waals surface area contributed by atoms with Crippen LogP contribution in [-0.2, 0) is 6.42 Å². The van der Waals surface area contributed by atoms with Gasteiger partial charge in [-0.3, -0.25) is 0 Å². The van der Waals surface area contributed by atoms with Crippen molar-refractivity contribution >= 4 is 11.4 Å². The highest BCUT2D eigenvalue weighted by atomic mass is 16.4. The molecule has 5 nitrogen and oxygen atoms in total. The summed E-state index contributed by atoms with van der Waals surface area (Å²) in [5.41, 5.74) is 3.53. The Bertz CT molecular complexity index is 712. The van der Waals surface area contributed by atoms with E-state index in [1.54, 1.807) is 6.07 Å². The van der Waals surface area contributed by atoms with Crippen LogP contribution in [-0.4, -0.2) is 26.9 Å². The van der Waals surface area contributed by atoms with E-state index in [0.717, 1.165) is 25.7 Å². The number of phenolic OH excluding ortho intramolecular Hbond substituents is 1. The fourth-order valence-corrected chi connectivity index (χ4v) is 5.45. The second-order valence-corrected chi connectivity index (χ2v) is 7.45. The lowest BCUT2D eigenvalue weighted by atomic mass is 9.55. The van der Waals surface area contributed by atoms with E-state index < -0.39 is 0 Å². The van der Waals surface area contributed by atoms with Crippen molar-refractivity contribution < 1.29 is 15.5 Å². The smallest absolute Gasteiger partial charge is 0.115 e. The molecule has 122 valence electrons. The Morgan fingerprint density at radius 1 is 1.17 bits per heavy atom. The average Bonchev–Trinajstić information content (AvgIpc) is 2.85. The minimum Gasteiger partial charge on any atom is -0.508 e. The zero-order chi connectivity index (χ0) is 16.2. The largest absolute Gasteiger partial charge is 0.508 e. The SMILES string of the molecule is CC12CCC3c4ccc(O)cc4CCC3C1CC(=N\O)/C2=N/O. The van der Waals surface area contributed by atoms with Crippen molar-refractivity contribution in [3.05, 3.63) is 29.3 Å². The van der Waals surface area contributed by atoms with Crippen molar-refractivity contribution in [1.82, 2.24) is 0 Å². The molecule has 5 heteroatoms. The number of fused-ring (bicyclic) bond motifs is 5. The summed E-state index contributed by atoms with van der Waals surface area (Å²) < 4.78 is 0. The molecule has 0 aliphatic heterocycles. The maximum Gasteiger partial charge on any atom is 0.115 e. The summed E-state index contributed by atoms with van der Waals surface area (Å²) in [6, 6.07) is 5.75. The molecule has 0 amide bonds. The van der Waals surface area contributed by atoms with Gasteiger partial charge in [-0.2, -0.15) is 0 Å². The van der Waals surface area contributed by atoms with E-state index in [1.165, 1.54) is 11.1 Å². The molecule has 4 atom stereocenters. The fraction of sp³-hybridized carbons (Fsp3) is 0.556. The molecule has 0 heterocycles. The molecular weight excluding hydrogens is 292 g/mol. The van der Waals surface area contributed by atoms with E-state index in [0.29, 0.717) is 41.3 Å². The van der Waals surface area contributed by atoms with Gasteiger partial charge in [-0.15, -0.1) is 0 Å². The third kappa shape index (κ3) is 1.92. The first-order chi connectivity index (χ1) is 11.1. The predicted octanol–water partition coefficient (Wildman–Crippen LogP) is 3.52. The summed E-state index contributed by atoms with van der Waals surface area (Å²) in [7, 11) is 0. The van der Waals surface area contributed by atoms with Crippen LogP contribution in [0.2, 0.25) is 0 Å². The molecule has 2 saturated carbocycles. The number of rotatable bonds is 0. The van der Waals surface area contributed by atoms with Gasteiger partial charge in [0.1, 0.15) is 17.2 Å². The third-order valence-corrected chi connectivity index (χ3v) is 6.55. The van der Waals surface area contributed by atoms with Gasteiger partial charge in [0.25, 0.3) is 0 Å². The number of hydrogen-bond donors (Lipinski definition) is 3. The second-order valence-electron chi connectivity index (χ2n) is 7.45. The fourth-order valence-electron chi connectivity index (χ4n) is 5.45. The predicted molar refractivity (Wildman–Crippen MR) is 86.5 cm³/mol. The molecule has 2 fully saturated rings. The molecule has 3 aliphatic rings. The highest BCUT2D eigenvalue weighted by Gasteiger charge is 2.56.